The molecule has 0 aliphatic heterocycles. The molecule has 0 saturated carbocycles. The fraction of sp³-hybridized carbons (Fsp3) is 0.562. The molecule has 3 N–H and O–H groups in total. The fourth-order valence-electron chi connectivity index (χ4n) is 2.19. The smallest absolute Gasteiger partial charge is 0.241 e. The maximum Gasteiger partial charge on any atom is 0.241 e. The van der Waals surface area contributed by atoms with Gasteiger partial charge in [0.1, 0.15) is 0 Å². The van der Waals surface area contributed by atoms with Crippen LogP contribution in [0.4, 0.5) is 11.4 Å². The highest BCUT2D eigenvalue weighted by molar-refractivity contribution is 5.94. The summed E-state index contributed by atoms with van der Waals surface area (Å²) in [4.78, 5) is 14.6. The number of nitrogens with two attached hydrogens (primary N) is 1. The Morgan fingerprint density at radius 2 is 1.95 bits per heavy atom. The van der Waals surface area contributed by atoms with Crippen molar-refractivity contribution < 1.29 is 9.53 Å². The zero-order valence-corrected chi connectivity index (χ0v) is 13.4. The molecule has 1 amide bonds. The minimum atomic E-state index is -0.215. The molecular weight excluding hydrogens is 266 g/mol. The van der Waals surface area contributed by atoms with E-state index in [4.69, 9.17) is 10.5 Å². The van der Waals surface area contributed by atoms with Crippen LogP contribution in [0.1, 0.15) is 27.2 Å². The third-order valence-electron chi connectivity index (χ3n) is 3.77. The molecule has 118 valence electrons. The number of methoxy groups -OCH3 is 1. The third kappa shape index (κ3) is 5.36. The molecule has 5 heteroatoms. The van der Waals surface area contributed by atoms with Crippen LogP contribution in [0.2, 0.25) is 0 Å². The van der Waals surface area contributed by atoms with E-state index in [-0.39, 0.29) is 11.9 Å². The van der Waals surface area contributed by atoms with E-state index in [9.17, 15) is 4.79 Å². The van der Waals surface area contributed by atoms with Crippen molar-refractivity contribution in [3.8, 4) is 0 Å². The Labute approximate surface area is 127 Å². The van der Waals surface area contributed by atoms with Crippen molar-refractivity contribution in [3.63, 3.8) is 0 Å². The molecule has 0 radical (unpaired) electrons. The average molecular weight is 293 g/mol. The molecule has 1 aromatic rings. The molecule has 0 saturated heterocycles. The number of carbonyl (C=O) groups excluding carboxylic acids is 1. The number of ether oxygens (including phenoxy) is 1. The molecule has 0 heterocycles. The van der Waals surface area contributed by atoms with Gasteiger partial charge in [-0.25, -0.2) is 0 Å². The summed E-state index contributed by atoms with van der Waals surface area (Å²) in [6, 6.07) is 7.28. The van der Waals surface area contributed by atoms with Crippen molar-refractivity contribution >= 4 is 17.3 Å². The molecule has 0 spiro atoms. The molecule has 2 atom stereocenters. The van der Waals surface area contributed by atoms with Gasteiger partial charge in [0.2, 0.25) is 5.91 Å². The Morgan fingerprint density at radius 1 is 1.33 bits per heavy atom. The number of nitrogen functional groups attached to an aromatic ring is 1. The lowest BCUT2D eigenvalue weighted by Gasteiger charge is -2.33. The van der Waals surface area contributed by atoms with E-state index in [1.54, 1.807) is 19.2 Å². The second kappa shape index (κ2) is 8.64. The van der Waals surface area contributed by atoms with E-state index in [0.29, 0.717) is 18.3 Å². The summed E-state index contributed by atoms with van der Waals surface area (Å²) < 4.78 is 5.14. The molecule has 0 aliphatic rings. The van der Waals surface area contributed by atoms with Crippen molar-refractivity contribution in [3.05, 3.63) is 24.3 Å². The highest BCUT2D eigenvalue weighted by Crippen LogP contribution is 2.14. The number of amides is 1. The SMILES string of the molecule is CCC(C)N(CCOC)C(C)C(=O)Nc1ccc(N)cc1. The summed E-state index contributed by atoms with van der Waals surface area (Å²) in [6.07, 6.45) is 0.989. The Balaban J connectivity index is 2.70. The Morgan fingerprint density at radius 3 is 2.48 bits per heavy atom. The van der Waals surface area contributed by atoms with Gasteiger partial charge in [0, 0.05) is 31.1 Å². The molecule has 0 aromatic heterocycles. The van der Waals surface area contributed by atoms with Gasteiger partial charge in [-0.05, 0) is 44.5 Å². The fourth-order valence-corrected chi connectivity index (χ4v) is 2.19. The lowest BCUT2D eigenvalue weighted by atomic mass is 10.1. The zero-order valence-electron chi connectivity index (χ0n) is 13.4. The summed E-state index contributed by atoms with van der Waals surface area (Å²) in [7, 11) is 1.67. The van der Waals surface area contributed by atoms with Gasteiger partial charge in [-0.1, -0.05) is 6.92 Å². The third-order valence-corrected chi connectivity index (χ3v) is 3.77. The molecule has 1 aromatic carbocycles. The van der Waals surface area contributed by atoms with Gasteiger partial charge in [0.05, 0.1) is 12.6 Å². The van der Waals surface area contributed by atoms with Gasteiger partial charge >= 0.3 is 0 Å². The van der Waals surface area contributed by atoms with Crippen molar-refractivity contribution in [2.45, 2.75) is 39.3 Å². The summed E-state index contributed by atoms with van der Waals surface area (Å²) >= 11 is 0. The lowest BCUT2D eigenvalue weighted by molar-refractivity contribution is -0.121. The van der Waals surface area contributed by atoms with E-state index in [1.165, 1.54) is 0 Å². The molecule has 0 bridgehead atoms. The molecular formula is C16H27N3O2. The first-order valence-corrected chi connectivity index (χ1v) is 7.40. The first kappa shape index (κ1) is 17.5. The monoisotopic (exact) mass is 293 g/mol. The molecule has 21 heavy (non-hydrogen) atoms. The standard InChI is InChI=1S/C16H27N3O2/c1-5-12(2)19(10-11-21-4)13(3)16(20)18-15-8-6-14(17)7-9-15/h6-9,12-13H,5,10-11,17H2,1-4H3,(H,18,20). The first-order valence-electron chi connectivity index (χ1n) is 7.40. The highest BCUT2D eigenvalue weighted by Gasteiger charge is 2.24. The highest BCUT2D eigenvalue weighted by atomic mass is 16.5. The predicted molar refractivity (Wildman–Crippen MR) is 87.3 cm³/mol. The number of anilines is 2. The van der Waals surface area contributed by atoms with E-state index in [0.717, 1.165) is 18.7 Å². The van der Waals surface area contributed by atoms with Crippen molar-refractivity contribution in [1.29, 1.82) is 0 Å². The van der Waals surface area contributed by atoms with E-state index >= 15 is 0 Å². The number of rotatable bonds is 8. The first-order chi connectivity index (χ1) is 9.99. The quantitative estimate of drug-likeness (QED) is 0.722. The number of hydrogen-bond acceptors (Lipinski definition) is 4. The van der Waals surface area contributed by atoms with Crippen LogP contribution in [-0.4, -0.2) is 43.2 Å². The van der Waals surface area contributed by atoms with Crippen LogP contribution >= 0.6 is 0 Å². The van der Waals surface area contributed by atoms with Crippen LogP contribution in [0.5, 0.6) is 0 Å². The van der Waals surface area contributed by atoms with Crippen molar-refractivity contribution in [2.75, 3.05) is 31.3 Å². The van der Waals surface area contributed by atoms with Gasteiger partial charge in [0.15, 0.2) is 0 Å². The number of hydrogen-bond donors (Lipinski definition) is 2. The van der Waals surface area contributed by atoms with Gasteiger partial charge in [-0.15, -0.1) is 0 Å². The van der Waals surface area contributed by atoms with Gasteiger partial charge < -0.3 is 15.8 Å². The Bertz CT molecular complexity index is 434. The van der Waals surface area contributed by atoms with E-state index < -0.39 is 0 Å². The summed E-state index contributed by atoms with van der Waals surface area (Å²) in [5, 5.41) is 2.93. The van der Waals surface area contributed by atoms with Crippen LogP contribution in [-0.2, 0) is 9.53 Å². The summed E-state index contributed by atoms with van der Waals surface area (Å²) in [5.74, 6) is -0.0174. The van der Waals surface area contributed by atoms with E-state index in [1.807, 2.05) is 19.1 Å². The van der Waals surface area contributed by atoms with Crippen molar-refractivity contribution in [2.24, 2.45) is 0 Å². The lowest BCUT2D eigenvalue weighted by Crippen LogP contribution is -2.48. The number of nitrogens with one attached hydrogen (secondary N) is 1. The van der Waals surface area contributed by atoms with Gasteiger partial charge in [0.25, 0.3) is 0 Å². The van der Waals surface area contributed by atoms with Crippen LogP contribution in [0.25, 0.3) is 0 Å². The number of nitrogens with zero attached hydrogens (tertiary/aromatic N) is 1. The van der Waals surface area contributed by atoms with Crippen molar-refractivity contribution in [1.82, 2.24) is 4.90 Å². The normalized spacial score (nSPS) is 14.0. The second-order valence-corrected chi connectivity index (χ2v) is 5.28. The summed E-state index contributed by atoms with van der Waals surface area (Å²) in [6.45, 7) is 7.53. The predicted octanol–water partition coefficient (Wildman–Crippen LogP) is 2.34. The maximum absolute atomic E-state index is 12.4. The van der Waals surface area contributed by atoms with Crippen LogP contribution < -0.4 is 11.1 Å². The molecule has 2 unspecified atom stereocenters. The molecule has 0 aliphatic carbocycles. The number of carbonyl (C=O) groups is 1. The molecule has 0 fully saturated rings. The van der Waals surface area contributed by atoms with E-state index in [2.05, 4.69) is 24.1 Å². The molecule has 1 rings (SSSR count). The number of benzene rings is 1. The molecule has 5 nitrogen and oxygen atoms in total. The Kier molecular flexibility index (Phi) is 7.19. The van der Waals surface area contributed by atoms with Crippen LogP contribution in [0.15, 0.2) is 24.3 Å². The average Bonchev–Trinajstić information content (AvgIpc) is 2.49. The minimum absolute atomic E-state index is 0.0174. The summed E-state index contributed by atoms with van der Waals surface area (Å²) in [5.41, 5.74) is 7.09. The zero-order chi connectivity index (χ0) is 15.8. The van der Waals surface area contributed by atoms with Gasteiger partial charge in [-0.3, -0.25) is 9.69 Å². The Hall–Kier alpha value is -1.59. The maximum atomic E-state index is 12.4. The second-order valence-electron chi connectivity index (χ2n) is 5.28. The van der Waals surface area contributed by atoms with Gasteiger partial charge in [-0.2, -0.15) is 0 Å². The topological polar surface area (TPSA) is 67.6 Å². The minimum Gasteiger partial charge on any atom is -0.399 e. The van der Waals surface area contributed by atoms with Crippen LogP contribution in [0, 0.1) is 0 Å². The largest absolute Gasteiger partial charge is 0.399 e. The van der Waals surface area contributed by atoms with Crippen LogP contribution in [0.3, 0.4) is 0 Å².